The van der Waals surface area contributed by atoms with Crippen LogP contribution in [-0.4, -0.2) is 56.6 Å². The minimum absolute atomic E-state index is 0.143. The van der Waals surface area contributed by atoms with E-state index < -0.39 is 0 Å². The van der Waals surface area contributed by atoms with E-state index in [0.717, 1.165) is 44.5 Å². The molecule has 2 aliphatic rings. The van der Waals surface area contributed by atoms with Crippen molar-refractivity contribution < 1.29 is 19.0 Å². The van der Waals surface area contributed by atoms with Crippen LogP contribution in [0.1, 0.15) is 31.2 Å². The van der Waals surface area contributed by atoms with Crippen molar-refractivity contribution in [3.05, 3.63) is 23.8 Å². The van der Waals surface area contributed by atoms with Crippen molar-refractivity contribution in [1.82, 2.24) is 4.90 Å². The third kappa shape index (κ3) is 5.09. The normalized spacial score (nSPS) is 22.8. The van der Waals surface area contributed by atoms with Crippen molar-refractivity contribution >= 4 is 11.7 Å². The first kappa shape index (κ1) is 18.0. The van der Waals surface area contributed by atoms with Gasteiger partial charge in [0, 0.05) is 26.8 Å². The Kier molecular flexibility index (Phi) is 6.15. The number of urea groups is 1. The molecule has 1 aromatic carbocycles. The number of aryl methyl sites for hydroxylation is 1. The number of nitrogens with one attached hydrogen (secondary N) is 1. The molecule has 6 heteroatoms. The topological polar surface area (TPSA) is 60.0 Å². The van der Waals surface area contributed by atoms with Crippen molar-refractivity contribution in [2.24, 2.45) is 0 Å². The second-order valence-corrected chi connectivity index (χ2v) is 6.89. The number of likely N-dealkylation sites (N-methyl/N-ethyl adjacent to an activating group) is 1. The fourth-order valence-corrected chi connectivity index (χ4v) is 3.20. The third-order valence-corrected chi connectivity index (χ3v) is 4.68. The highest BCUT2D eigenvalue weighted by Gasteiger charge is 2.21. The molecular weight excluding hydrogens is 320 g/mol. The zero-order chi connectivity index (χ0) is 17.6. The van der Waals surface area contributed by atoms with E-state index in [1.165, 1.54) is 0 Å². The molecule has 3 rings (SSSR count). The summed E-state index contributed by atoms with van der Waals surface area (Å²) in [5.41, 5.74) is 1.78. The second-order valence-electron chi connectivity index (χ2n) is 6.89. The molecule has 0 aliphatic carbocycles. The second kappa shape index (κ2) is 8.54. The van der Waals surface area contributed by atoms with Crippen LogP contribution in [0, 0.1) is 6.92 Å². The Hall–Kier alpha value is -1.79. The third-order valence-electron chi connectivity index (χ3n) is 4.68. The number of carbonyl (C=O) groups excluding carboxylic acids is 1. The first-order valence-electron chi connectivity index (χ1n) is 9.10. The number of hydrogen-bond donors (Lipinski definition) is 1. The van der Waals surface area contributed by atoms with Crippen LogP contribution in [0.3, 0.4) is 0 Å². The molecule has 1 N–H and O–H groups in total. The Morgan fingerprint density at radius 3 is 2.64 bits per heavy atom. The van der Waals surface area contributed by atoms with Gasteiger partial charge in [-0.3, -0.25) is 0 Å². The Bertz CT molecular complexity index is 581. The lowest BCUT2D eigenvalue weighted by atomic mass is 10.2. The number of benzene rings is 1. The van der Waals surface area contributed by atoms with Gasteiger partial charge in [-0.05, 0) is 50.3 Å². The summed E-state index contributed by atoms with van der Waals surface area (Å²) in [6.45, 7) is 4.72. The molecule has 0 unspecified atom stereocenters. The summed E-state index contributed by atoms with van der Waals surface area (Å²) in [7, 11) is 1.79. The summed E-state index contributed by atoms with van der Waals surface area (Å²) in [6, 6.07) is 5.65. The van der Waals surface area contributed by atoms with Gasteiger partial charge in [0.2, 0.25) is 0 Å². The first-order chi connectivity index (χ1) is 12.1. The highest BCUT2D eigenvalue weighted by atomic mass is 16.5. The molecular formula is C19H28N2O4. The molecule has 2 heterocycles. The fourth-order valence-electron chi connectivity index (χ4n) is 3.20. The molecule has 2 fully saturated rings. The van der Waals surface area contributed by atoms with Crippen molar-refractivity contribution in [1.29, 1.82) is 0 Å². The average Bonchev–Trinajstić information content (AvgIpc) is 3.28. The van der Waals surface area contributed by atoms with Gasteiger partial charge in [0.15, 0.2) is 0 Å². The average molecular weight is 348 g/mol. The molecule has 0 aromatic heterocycles. The van der Waals surface area contributed by atoms with Crippen molar-refractivity contribution in [3.8, 4) is 5.75 Å². The summed E-state index contributed by atoms with van der Waals surface area (Å²) in [6.07, 6.45) is 4.48. The highest BCUT2D eigenvalue weighted by Crippen LogP contribution is 2.27. The number of anilines is 1. The predicted molar refractivity (Wildman–Crippen MR) is 96.3 cm³/mol. The van der Waals surface area contributed by atoms with Gasteiger partial charge >= 0.3 is 6.03 Å². The smallest absolute Gasteiger partial charge is 0.321 e. The standard InChI is InChI=1S/C19H28N2O4/c1-14-7-8-17(18(11-14)25-13-16-6-4-10-24-16)20-19(22)21(2)12-15-5-3-9-23-15/h7-8,11,15-16H,3-6,9-10,12-13H2,1-2H3,(H,20,22)/t15-,16+/m0/s1. The minimum Gasteiger partial charge on any atom is -0.489 e. The number of nitrogens with zero attached hydrogens (tertiary/aromatic N) is 1. The monoisotopic (exact) mass is 348 g/mol. The predicted octanol–water partition coefficient (Wildman–Crippen LogP) is 3.20. The van der Waals surface area contributed by atoms with Gasteiger partial charge in [-0.25, -0.2) is 4.79 Å². The van der Waals surface area contributed by atoms with Crippen LogP contribution in [0.4, 0.5) is 10.5 Å². The summed E-state index contributed by atoms with van der Waals surface area (Å²) >= 11 is 0. The van der Waals surface area contributed by atoms with E-state index in [9.17, 15) is 4.79 Å². The first-order valence-corrected chi connectivity index (χ1v) is 9.10. The van der Waals surface area contributed by atoms with E-state index in [0.29, 0.717) is 24.6 Å². The fraction of sp³-hybridized carbons (Fsp3) is 0.632. The van der Waals surface area contributed by atoms with Crippen LogP contribution in [0.15, 0.2) is 18.2 Å². The van der Waals surface area contributed by atoms with Crippen LogP contribution in [0.5, 0.6) is 5.75 Å². The number of hydrogen-bond acceptors (Lipinski definition) is 4. The van der Waals surface area contributed by atoms with Crippen LogP contribution < -0.4 is 10.1 Å². The van der Waals surface area contributed by atoms with E-state index in [1.807, 2.05) is 25.1 Å². The van der Waals surface area contributed by atoms with Gasteiger partial charge in [0.25, 0.3) is 0 Å². The zero-order valence-corrected chi connectivity index (χ0v) is 15.1. The van der Waals surface area contributed by atoms with Crippen LogP contribution in [-0.2, 0) is 9.47 Å². The summed E-state index contributed by atoms with van der Waals surface area (Å²) in [5.74, 6) is 0.689. The van der Waals surface area contributed by atoms with Crippen LogP contribution in [0.2, 0.25) is 0 Å². The Morgan fingerprint density at radius 2 is 1.96 bits per heavy atom. The molecule has 6 nitrogen and oxygen atoms in total. The van der Waals surface area contributed by atoms with Gasteiger partial charge in [0.05, 0.1) is 17.9 Å². The lowest BCUT2D eigenvalue weighted by Crippen LogP contribution is -2.37. The Balaban J connectivity index is 1.58. The van der Waals surface area contributed by atoms with Gasteiger partial charge in [-0.1, -0.05) is 6.07 Å². The van der Waals surface area contributed by atoms with E-state index >= 15 is 0 Å². The molecule has 138 valence electrons. The lowest BCUT2D eigenvalue weighted by molar-refractivity contribution is 0.0681. The van der Waals surface area contributed by atoms with Gasteiger partial charge in [-0.2, -0.15) is 0 Å². The Labute approximate surface area is 149 Å². The molecule has 0 spiro atoms. The molecule has 25 heavy (non-hydrogen) atoms. The van der Waals surface area contributed by atoms with Gasteiger partial charge in [-0.15, -0.1) is 0 Å². The van der Waals surface area contributed by atoms with Crippen molar-refractivity contribution in [2.75, 3.05) is 38.7 Å². The summed E-state index contributed by atoms with van der Waals surface area (Å²) in [5, 5.41) is 2.95. The minimum atomic E-state index is -0.152. The van der Waals surface area contributed by atoms with Crippen molar-refractivity contribution in [3.63, 3.8) is 0 Å². The van der Waals surface area contributed by atoms with E-state index in [-0.39, 0.29) is 18.2 Å². The number of carbonyl (C=O) groups is 1. The molecule has 2 saturated heterocycles. The van der Waals surface area contributed by atoms with E-state index in [1.54, 1.807) is 11.9 Å². The maximum absolute atomic E-state index is 12.5. The molecule has 0 saturated carbocycles. The summed E-state index contributed by atoms with van der Waals surface area (Å²) in [4.78, 5) is 14.1. The maximum atomic E-state index is 12.5. The molecule has 0 bridgehead atoms. The molecule has 0 radical (unpaired) electrons. The number of rotatable bonds is 6. The highest BCUT2D eigenvalue weighted by molar-refractivity contribution is 5.90. The SMILES string of the molecule is Cc1ccc(NC(=O)N(C)C[C@@H]2CCCO2)c(OC[C@H]2CCCO2)c1. The lowest BCUT2D eigenvalue weighted by Gasteiger charge is -2.22. The molecule has 2 aliphatic heterocycles. The maximum Gasteiger partial charge on any atom is 0.321 e. The van der Waals surface area contributed by atoms with Gasteiger partial charge in [0.1, 0.15) is 12.4 Å². The van der Waals surface area contributed by atoms with Crippen LogP contribution in [0.25, 0.3) is 0 Å². The number of ether oxygens (including phenoxy) is 3. The molecule has 2 atom stereocenters. The number of amides is 2. The Morgan fingerprint density at radius 1 is 1.24 bits per heavy atom. The van der Waals surface area contributed by atoms with E-state index in [4.69, 9.17) is 14.2 Å². The zero-order valence-electron chi connectivity index (χ0n) is 15.1. The molecule has 2 amide bonds. The van der Waals surface area contributed by atoms with Crippen molar-refractivity contribution in [2.45, 2.75) is 44.8 Å². The summed E-state index contributed by atoms with van der Waals surface area (Å²) < 4.78 is 17.1. The largest absolute Gasteiger partial charge is 0.489 e. The molecule has 1 aromatic rings. The van der Waals surface area contributed by atoms with Crippen LogP contribution >= 0.6 is 0 Å². The van der Waals surface area contributed by atoms with Gasteiger partial charge < -0.3 is 24.4 Å². The van der Waals surface area contributed by atoms with E-state index in [2.05, 4.69) is 5.32 Å². The quantitative estimate of drug-likeness (QED) is 0.858.